The number of ether oxygens (including phenoxy) is 1. The smallest absolute Gasteiger partial charge is 0.303 e. The minimum absolute atomic E-state index is 0.0708. The summed E-state index contributed by atoms with van der Waals surface area (Å²) in [7, 11) is 0. The quantitative estimate of drug-likeness (QED) is 0.409. The summed E-state index contributed by atoms with van der Waals surface area (Å²) in [5.41, 5.74) is -0.553. The Morgan fingerprint density at radius 2 is 2.00 bits per heavy atom. The van der Waals surface area contributed by atoms with Crippen LogP contribution in [0.4, 0.5) is 4.39 Å². The van der Waals surface area contributed by atoms with Crippen molar-refractivity contribution in [3.63, 3.8) is 0 Å². The van der Waals surface area contributed by atoms with Crippen LogP contribution in [0.2, 0.25) is 0 Å². The van der Waals surface area contributed by atoms with Crippen LogP contribution in [0.5, 0.6) is 0 Å². The molecular weight excluding hydrogens is 333 g/mol. The third kappa shape index (κ3) is 5.76. The van der Waals surface area contributed by atoms with Crippen LogP contribution >= 0.6 is 12.2 Å². The molecule has 128 valence electrons. The Morgan fingerprint density at radius 3 is 2.54 bits per heavy atom. The minimum Gasteiger partial charge on any atom is -0.458 e. The molecule has 0 unspecified atom stereocenters. The first-order chi connectivity index (χ1) is 11.2. The predicted molar refractivity (Wildman–Crippen MR) is 89.4 cm³/mol. The SMILES string of the molecule is CC(=O)Cc1ccc(F)c([C@](C)(CC(=O)COC(C)=O)N=C=S)c1. The Labute approximate surface area is 144 Å². The molecule has 0 fully saturated rings. The lowest BCUT2D eigenvalue weighted by molar-refractivity contribution is -0.146. The fraction of sp³-hybridized carbons (Fsp3) is 0.412. The molecule has 0 heterocycles. The number of aliphatic imine (C=N–C) groups is 1. The number of Topliss-reactive ketones (excluding diaryl/α,β-unsaturated/α-hetero) is 2. The van der Waals surface area contributed by atoms with Gasteiger partial charge in [0.1, 0.15) is 23.7 Å². The normalized spacial score (nSPS) is 12.7. The maximum Gasteiger partial charge on any atom is 0.303 e. The van der Waals surface area contributed by atoms with Gasteiger partial charge in [0.15, 0.2) is 5.78 Å². The van der Waals surface area contributed by atoms with E-state index in [0.717, 1.165) is 0 Å². The highest BCUT2D eigenvalue weighted by Gasteiger charge is 2.32. The molecule has 0 aromatic heterocycles. The van der Waals surface area contributed by atoms with E-state index in [0.29, 0.717) is 5.56 Å². The number of ketones is 2. The molecule has 1 rings (SSSR count). The number of thiocarbonyl (C=S) groups is 1. The van der Waals surface area contributed by atoms with Crippen LogP contribution in [0, 0.1) is 5.82 Å². The number of carbonyl (C=O) groups is 3. The van der Waals surface area contributed by atoms with Crippen molar-refractivity contribution in [2.45, 2.75) is 39.2 Å². The second-order valence-corrected chi connectivity index (χ2v) is 5.85. The van der Waals surface area contributed by atoms with E-state index < -0.39 is 29.7 Å². The van der Waals surface area contributed by atoms with Crippen LogP contribution in [-0.2, 0) is 31.1 Å². The highest BCUT2D eigenvalue weighted by atomic mass is 32.1. The van der Waals surface area contributed by atoms with Gasteiger partial charge >= 0.3 is 5.97 Å². The number of hydrogen-bond donors (Lipinski definition) is 0. The van der Waals surface area contributed by atoms with Crippen LogP contribution in [-0.4, -0.2) is 29.3 Å². The van der Waals surface area contributed by atoms with Crippen molar-refractivity contribution < 1.29 is 23.5 Å². The number of benzene rings is 1. The highest BCUT2D eigenvalue weighted by Crippen LogP contribution is 2.32. The van der Waals surface area contributed by atoms with Gasteiger partial charge in [-0.2, -0.15) is 0 Å². The van der Waals surface area contributed by atoms with Crippen molar-refractivity contribution >= 4 is 34.9 Å². The molecule has 7 heteroatoms. The molecular formula is C17H18FNO4S. The zero-order valence-corrected chi connectivity index (χ0v) is 14.5. The van der Waals surface area contributed by atoms with Crippen molar-refractivity contribution in [2.75, 3.05) is 6.61 Å². The van der Waals surface area contributed by atoms with Gasteiger partial charge in [-0.25, -0.2) is 9.38 Å². The van der Waals surface area contributed by atoms with E-state index in [4.69, 9.17) is 0 Å². The van der Waals surface area contributed by atoms with Gasteiger partial charge in [0.05, 0.1) is 5.16 Å². The number of esters is 1. The summed E-state index contributed by atoms with van der Waals surface area (Å²) >= 11 is 4.62. The van der Waals surface area contributed by atoms with Gasteiger partial charge < -0.3 is 4.74 Å². The largest absolute Gasteiger partial charge is 0.458 e. The third-order valence-corrected chi connectivity index (χ3v) is 3.43. The first kappa shape index (κ1) is 19.8. The fourth-order valence-corrected chi connectivity index (χ4v) is 2.50. The van der Waals surface area contributed by atoms with Crippen molar-refractivity contribution in [1.82, 2.24) is 0 Å². The predicted octanol–water partition coefficient (Wildman–Crippen LogP) is 2.80. The van der Waals surface area contributed by atoms with Gasteiger partial charge in [0.25, 0.3) is 0 Å². The first-order valence-electron chi connectivity index (χ1n) is 7.20. The first-order valence-corrected chi connectivity index (χ1v) is 7.61. The minimum atomic E-state index is -1.30. The summed E-state index contributed by atoms with van der Waals surface area (Å²) in [5, 5.41) is 2.18. The number of nitrogens with zero attached hydrogens (tertiary/aromatic N) is 1. The third-order valence-electron chi connectivity index (χ3n) is 3.33. The molecule has 5 nitrogen and oxygen atoms in total. The summed E-state index contributed by atoms with van der Waals surface area (Å²) in [5.74, 6) is -1.66. The van der Waals surface area contributed by atoms with Crippen molar-refractivity contribution in [2.24, 2.45) is 4.99 Å². The number of carbonyl (C=O) groups excluding carboxylic acids is 3. The lowest BCUT2D eigenvalue weighted by Gasteiger charge is -2.24. The molecule has 1 aromatic rings. The Balaban J connectivity index is 3.17. The van der Waals surface area contributed by atoms with Crippen LogP contribution < -0.4 is 0 Å². The molecule has 0 N–H and O–H groups in total. The van der Waals surface area contributed by atoms with Gasteiger partial charge in [0.2, 0.25) is 0 Å². The zero-order chi connectivity index (χ0) is 18.3. The van der Waals surface area contributed by atoms with Crippen LogP contribution in [0.1, 0.15) is 38.3 Å². The van der Waals surface area contributed by atoms with Gasteiger partial charge in [-0.05, 0) is 43.8 Å². The molecule has 0 aliphatic heterocycles. The maximum absolute atomic E-state index is 14.3. The molecule has 1 atom stereocenters. The lowest BCUT2D eigenvalue weighted by atomic mass is 9.86. The van der Waals surface area contributed by atoms with E-state index in [1.165, 1.54) is 39.0 Å². The average Bonchev–Trinajstić information content (AvgIpc) is 2.46. The maximum atomic E-state index is 14.3. The topological polar surface area (TPSA) is 72.8 Å². The highest BCUT2D eigenvalue weighted by molar-refractivity contribution is 7.78. The van der Waals surface area contributed by atoms with E-state index in [1.807, 2.05) is 0 Å². The van der Waals surface area contributed by atoms with Gasteiger partial charge in [-0.1, -0.05) is 6.07 Å². The Morgan fingerprint density at radius 1 is 1.33 bits per heavy atom. The van der Waals surface area contributed by atoms with Gasteiger partial charge in [0, 0.05) is 25.3 Å². The van der Waals surface area contributed by atoms with Crippen molar-refractivity contribution in [3.05, 3.63) is 35.1 Å². The van der Waals surface area contributed by atoms with Crippen LogP contribution in [0.15, 0.2) is 23.2 Å². The summed E-state index contributed by atoms with van der Waals surface area (Å²) < 4.78 is 18.9. The summed E-state index contributed by atoms with van der Waals surface area (Å²) in [6.45, 7) is 3.73. The molecule has 1 aromatic carbocycles. The summed E-state index contributed by atoms with van der Waals surface area (Å²) in [6.07, 6.45) is -0.0730. The molecule has 0 bridgehead atoms. The second-order valence-electron chi connectivity index (χ2n) is 5.67. The molecule has 0 radical (unpaired) electrons. The van der Waals surface area contributed by atoms with Gasteiger partial charge in [-0.3, -0.25) is 14.4 Å². The van der Waals surface area contributed by atoms with Crippen LogP contribution in [0.3, 0.4) is 0 Å². The molecule has 0 saturated heterocycles. The number of rotatable bonds is 8. The Kier molecular flexibility index (Phi) is 7.07. The van der Waals surface area contributed by atoms with Crippen LogP contribution in [0.25, 0.3) is 0 Å². The van der Waals surface area contributed by atoms with E-state index in [-0.39, 0.29) is 24.2 Å². The van der Waals surface area contributed by atoms with Gasteiger partial charge in [-0.15, -0.1) is 0 Å². The molecule has 0 aliphatic carbocycles. The van der Waals surface area contributed by atoms with E-state index in [9.17, 15) is 18.8 Å². The molecule has 0 aliphatic rings. The zero-order valence-electron chi connectivity index (χ0n) is 13.7. The van der Waals surface area contributed by atoms with E-state index >= 15 is 0 Å². The average molecular weight is 351 g/mol. The molecule has 24 heavy (non-hydrogen) atoms. The molecule has 0 saturated carbocycles. The van der Waals surface area contributed by atoms with Crippen molar-refractivity contribution in [1.29, 1.82) is 0 Å². The monoisotopic (exact) mass is 351 g/mol. The number of isothiocyanates is 1. The summed E-state index contributed by atoms with van der Waals surface area (Å²) in [6, 6.07) is 4.22. The second kappa shape index (κ2) is 8.57. The molecule has 0 spiro atoms. The van der Waals surface area contributed by atoms with E-state index in [2.05, 4.69) is 27.1 Å². The Bertz CT molecular complexity index is 713. The Hall–Kier alpha value is -2.24. The molecule has 0 amide bonds. The number of halogens is 1. The van der Waals surface area contributed by atoms with Crippen molar-refractivity contribution in [3.8, 4) is 0 Å². The number of hydrogen-bond acceptors (Lipinski definition) is 6. The fourth-order valence-electron chi connectivity index (χ4n) is 2.30. The summed E-state index contributed by atoms with van der Waals surface area (Å²) in [4.78, 5) is 38.0. The standard InChI is InChI=1S/C17H18FNO4S/c1-11(20)6-13-4-5-16(18)15(7-13)17(3,19-10-24)8-14(22)9-23-12(2)21/h4-5,7H,6,8-9H2,1-3H3/t17-/m0/s1. The van der Waals surface area contributed by atoms with E-state index in [1.54, 1.807) is 0 Å². The lowest BCUT2D eigenvalue weighted by Crippen LogP contribution is -2.27.